The number of hydrogen-bond donors (Lipinski definition) is 1. The summed E-state index contributed by atoms with van der Waals surface area (Å²) in [4.78, 5) is 24.1. The highest BCUT2D eigenvalue weighted by atomic mass is 16.1. The lowest BCUT2D eigenvalue weighted by atomic mass is 10.0. The third-order valence-corrected chi connectivity index (χ3v) is 5.43. The molecule has 5 heteroatoms. The van der Waals surface area contributed by atoms with Gasteiger partial charge in [0.15, 0.2) is 5.82 Å². The van der Waals surface area contributed by atoms with Gasteiger partial charge in [-0.1, -0.05) is 60.7 Å². The monoisotopic (exact) mass is 386 g/mol. The predicted octanol–water partition coefficient (Wildman–Crippen LogP) is 3.85. The number of piperidine rings is 1. The first-order chi connectivity index (χ1) is 14.2. The van der Waals surface area contributed by atoms with Gasteiger partial charge in [-0.2, -0.15) is 0 Å². The number of benzene rings is 2. The molecule has 0 radical (unpaired) electrons. The van der Waals surface area contributed by atoms with Crippen LogP contribution in [-0.2, 0) is 6.54 Å². The zero-order valence-corrected chi connectivity index (χ0v) is 16.7. The lowest BCUT2D eigenvalue weighted by Gasteiger charge is -2.32. The van der Waals surface area contributed by atoms with Gasteiger partial charge in [0.2, 0.25) is 0 Å². The molecule has 1 aliphatic heterocycles. The van der Waals surface area contributed by atoms with E-state index in [1.54, 1.807) is 6.20 Å². The first-order valence-corrected chi connectivity index (χ1v) is 10.2. The van der Waals surface area contributed by atoms with Crippen LogP contribution in [0.1, 0.15) is 34.5 Å². The lowest BCUT2D eigenvalue weighted by molar-refractivity contribution is 0.0907. The van der Waals surface area contributed by atoms with Crippen molar-refractivity contribution in [1.29, 1.82) is 0 Å². The minimum Gasteiger partial charge on any atom is -0.349 e. The van der Waals surface area contributed by atoms with Crippen molar-refractivity contribution in [2.45, 2.75) is 32.4 Å². The quantitative estimate of drug-likeness (QED) is 0.724. The molecule has 1 N–H and O–H groups in total. The largest absolute Gasteiger partial charge is 0.349 e. The van der Waals surface area contributed by atoms with Crippen LogP contribution in [-0.4, -0.2) is 39.9 Å². The smallest absolute Gasteiger partial charge is 0.254 e. The molecule has 5 nitrogen and oxygen atoms in total. The molecule has 29 heavy (non-hydrogen) atoms. The van der Waals surface area contributed by atoms with Crippen molar-refractivity contribution in [3.8, 4) is 11.4 Å². The van der Waals surface area contributed by atoms with Crippen LogP contribution < -0.4 is 5.32 Å². The minimum atomic E-state index is -0.0800. The number of likely N-dealkylation sites (tertiary alicyclic amines) is 1. The summed E-state index contributed by atoms with van der Waals surface area (Å²) in [6, 6.07) is 20.5. The first kappa shape index (κ1) is 19.3. The van der Waals surface area contributed by atoms with E-state index in [0.717, 1.165) is 38.0 Å². The normalized spacial score (nSPS) is 15.2. The van der Waals surface area contributed by atoms with E-state index >= 15 is 0 Å². The van der Waals surface area contributed by atoms with E-state index in [2.05, 4.69) is 44.5 Å². The fourth-order valence-electron chi connectivity index (χ4n) is 3.76. The second-order valence-corrected chi connectivity index (χ2v) is 7.57. The number of aromatic nitrogens is 2. The Bertz CT molecular complexity index is 951. The lowest BCUT2D eigenvalue weighted by Crippen LogP contribution is -2.44. The highest BCUT2D eigenvalue weighted by Crippen LogP contribution is 2.17. The third kappa shape index (κ3) is 4.87. The molecule has 2 aromatic carbocycles. The molecule has 1 amide bonds. The van der Waals surface area contributed by atoms with Crippen molar-refractivity contribution in [2.24, 2.45) is 0 Å². The SMILES string of the molecule is Cc1nc(-c2ccccc2)ncc1C(=O)NC1CCN(Cc2ccccc2)CC1. The Morgan fingerprint density at radius 3 is 2.34 bits per heavy atom. The molecule has 0 aliphatic carbocycles. The van der Waals surface area contributed by atoms with Gasteiger partial charge in [0, 0.05) is 37.4 Å². The fourth-order valence-corrected chi connectivity index (χ4v) is 3.76. The molecule has 148 valence electrons. The standard InChI is InChI=1S/C24H26N4O/c1-18-22(16-25-23(26-18)20-10-6-3-7-11-20)24(29)27-21-12-14-28(15-13-21)17-19-8-4-2-5-9-19/h2-11,16,21H,12-15,17H2,1H3,(H,27,29). The van der Waals surface area contributed by atoms with E-state index in [9.17, 15) is 4.79 Å². The van der Waals surface area contributed by atoms with Gasteiger partial charge in [0.05, 0.1) is 11.3 Å². The average molecular weight is 386 g/mol. The Morgan fingerprint density at radius 2 is 1.69 bits per heavy atom. The van der Waals surface area contributed by atoms with Crippen LogP contribution in [0.3, 0.4) is 0 Å². The first-order valence-electron chi connectivity index (χ1n) is 10.2. The second-order valence-electron chi connectivity index (χ2n) is 7.57. The number of carbonyl (C=O) groups excluding carboxylic acids is 1. The van der Waals surface area contributed by atoms with Gasteiger partial charge in [0.1, 0.15) is 0 Å². The molecule has 3 aromatic rings. The summed E-state index contributed by atoms with van der Waals surface area (Å²) in [7, 11) is 0. The molecular weight excluding hydrogens is 360 g/mol. The Labute approximate surface area is 171 Å². The van der Waals surface area contributed by atoms with Gasteiger partial charge in [-0.05, 0) is 25.3 Å². The highest BCUT2D eigenvalue weighted by Gasteiger charge is 2.22. The Morgan fingerprint density at radius 1 is 1.03 bits per heavy atom. The average Bonchev–Trinajstić information content (AvgIpc) is 2.76. The molecule has 1 saturated heterocycles. The van der Waals surface area contributed by atoms with Gasteiger partial charge < -0.3 is 5.32 Å². The molecule has 0 unspecified atom stereocenters. The Kier molecular flexibility index (Phi) is 5.96. The van der Waals surface area contributed by atoms with E-state index in [4.69, 9.17) is 0 Å². The molecule has 2 heterocycles. The summed E-state index contributed by atoms with van der Waals surface area (Å²) in [6.45, 7) is 4.81. The van der Waals surface area contributed by atoms with Crippen molar-refractivity contribution in [1.82, 2.24) is 20.2 Å². The van der Waals surface area contributed by atoms with Crippen LogP contribution in [0.4, 0.5) is 0 Å². The van der Waals surface area contributed by atoms with Crippen LogP contribution in [0, 0.1) is 6.92 Å². The maximum Gasteiger partial charge on any atom is 0.254 e. The van der Waals surface area contributed by atoms with E-state index in [1.165, 1.54) is 5.56 Å². The zero-order valence-electron chi connectivity index (χ0n) is 16.7. The summed E-state index contributed by atoms with van der Waals surface area (Å²) < 4.78 is 0. The van der Waals surface area contributed by atoms with Gasteiger partial charge in [-0.3, -0.25) is 9.69 Å². The van der Waals surface area contributed by atoms with E-state index in [0.29, 0.717) is 17.1 Å². The number of hydrogen-bond acceptors (Lipinski definition) is 4. The van der Waals surface area contributed by atoms with Crippen LogP contribution in [0.2, 0.25) is 0 Å². The van der Waals surface area contributed by atoms with Gasteiger partial charge in [-0.25, -0.2) is 9.97 Å². The second kappa shape index (κ2) is 8.97. The molecule has 4 rings (SSSR count). The predicted molar refractivity (Wildman–Crippen MR) is 114 cm³/mol. The maximum absolute atomic E-state index is 12.7. The summed E-state index contributed by atoms with van der Waals surface area (Å²) >= 11 is 0. The topological polar surface area (TPSA) is 58.1 Å². The Balaban J connectivity index is 1.33. The molecule has 0 atom stereocenters. The molecule has 1 fully saturated rings. The van der Waals surface area contributed by atoms with E-state index in [1.807, 2.05) is 43.3 Å². The number of nitrogens with zero attached hydrogens (tertiary/aromatic N) is 3. The number of amides is 1. The summed E-state index contributed by atoms with van der Waals surface area (Å²) in [5.74, 6) is 0.567. The van der Waals surface area contributed by atoms with Crippen molar-refractivity contribution >= 4 is 5.91 Å². The maximum atomic E-state index is 12.7. The van der Waals surface area contributed by atoms with Crippen molar-refractivity contribution in [3.63, 3.8) is 0 Å². The van der Waals surface area contributed by atoms with E-state index < -0.39 is 0 Å². The van der Waals surface area contributed by atoms with Crippen molar-refractivity contribution in [2.75, 3.05) is 13.1 Å². The number of nitrogens with one attached hydrogen (secondary N) is 1. The summed E-state index contributed by atoms with van der Waals surface area (Å²) in [6.07, 6.45) is 3.56. The molecule has 1 aromatic heterocycles. The minimum absolute atomic E-state index is 0.0800. The van der Waals surface area contributed by atoms with Gasteiger partial charge >= 0.3 is 0 Å². The molecule has 1 aliphatic rings. The number of aryl methyl sites for hydroxylation is 1. The Hall–Kier alpha value is -3.05. The van der Waals surface area contributed by atoms with E-state index in [-0.39, 0.29) is 11.9 Å². The zero-order chi connectivity index (χ0) is 20.1. The number of rotatable bonds is 5. The highest BCUT2D eigenvalue weighted by molar-refractivity contribution is 5.95. The molecule has 0 bridgehead atoms. The third-order valence-electron chi connectivity index (χ3n) is 5.43. The van der Waals surface area contributed by atoms with Crippen LogP contribution in [0.25, 0.3) is 11.4 Å². The number of carbonyl (C=O) groups is 1. The molecular formula is C24H26N4O. The molecule has 0 saturated carbocycles. The fraction of sp³-hybridized carbons (Fsp3) is 0.292. The summed E-state index contributed by atoms with van der Waals surface area (Å²) in [5.41, 5.74) is 3.55. The van der Waals surface area contributed by atoms with Gasteiger partial charge in [-0.15, -0.1) is 0 Å². The van der Waals surface area contributed by atoms with Crippen molar-refractivity contribution in [3.05, 3.63) is 83.7 Å². The van der Waals surface area contributed by atoms with Crippen molar-refractivity contribution < 1.29 is 4.79 Å². The van der Waals surface area contributed by atoms with Gasteiger partial charge in [0.25, 0.3) is 5.91 Å². The van der Waals surface area contributed by atoms with Crippen LogP contribution in [0.5, 0.6) is 0 Å². The summed E-state index contributed by atoms with van der Waals surface area (Å²) in [5, 5.41) is 3.17. The molecule has 0 spiro atoms. The van der Waals surface area contributed by atoms with Crippen LogP contribution >= 0.6 is 0 Å². The van der Waals surface area contributed by atoms with Crippen LogP contribution in [0.15, 0.2) is 66.9 Å².